The molecular formula is C77H48N6O2. The molecule has 0 amide bonds. The summed E-state index contributed by atoms with van der Waals surface area (Å²) >= 11 is 0. The van der Waals surface area contributed by atoms with Crippen molar-refractivity contribution in [1.29, 1.82) is 10.5 Å². The SMILES string of the molecule is N#Cc1ccc(N(c2ccccc2)c2cc3c(c4oc(-c5cccc(-c6ccccc6)c5)nc24)-c2c(cc(N(c4ccccc4)c4ccc(C#N)cc4)c4nc(-c5cccc(-c6ccccc6)c5)oc24)C3(c2ccccc2)c2ccccc2)cc1. The number of hydrogen-bond acceptors (Lipinski definition) is 8. The van der Waals surface area contributed by atoms with Crippen LogP contribution in [0, 0.1) is 22.7 Å². The topological polar surface area (TPSA) is 106 Å². The van der Waals surface area contributed by atoms with E-state index < -0.39 is 5.41 Å². The number of aromatic nitrogens is 2. The molecule has 398 valence electrons. The molecule has 15 rings (SSSR count). The maximum Gasteiger partial charge on any atom is 0.227 e. The Balaban J connectivity index is 1.12. The van der Waals surface area contributed by atoms with Crippen molar-refractivity contribution in [3.05, 3.63) is 325 Å². The number of oxazole rings is 2. The fraction of sp³-hybridized carbons (Fsp3) is 0.0130. The van der Waals surface area contributed by atoms with Crippen molar-refractivity contribution in [3.8, 4) is 68.4 Å². The minimum atomic E-state index is -1.07. The van der Waals surface area contributed by atoms with Gasteiger partial charge in [0.1, 0.15) is 11.0 Å². The summed E-state index contributed by atoms with van der Waals surface area (Å²) in [6.07, 6.45) is 0. The number of hydrogen-bond donors (Lipinski definition) is 0. The van der Waals surface area contributed by atoms with E-state index >= 15 is 0 Å². The van der Waals surface area contributed by atoms with E-state index in [-0.39, 0.29) is 0 Å². The molecule has 0 radical (unpaired) electrons. The molecule has 8 nitrogen and oxygen atoms in total. The molecule has 1 aliphatic rings. The molecule has 0 N–H and O–H groups in total. The highest BCUT2D eigenvalue weighted by molar-refractivity contribution is 6.15. The van der Waals surface area contributed by atoms with Gasteiger partial charge in [-0.25, -0.2) is 9.97 Å². The Kier molecular flexibility index (Phi) is 12.3. The molecule has 12 aromatic carbocycles. The van der Waals surface area contributed by atoms with E-state index in [9.17, 15) is 10.5 Å². The van der Waals surface area contributed by atoms with Crippen LogP contribution in [-0.4, -0.2) is 9.97 Å². The predicted octanol–water partition coefficient (Wildman–Crippen LogP) is 19.7. The van der Waals surface area contributed by atoms with Crippen LogP contribution >= 0.6 is 0 Å². The summed E-state index contributed by atoms with van der Waals surface area (Å²) in [5, 5.41) is 20.2. The molecule has 1 aliphatic carbocycles. The zero-order valence-electron chi connectivity index (χ0n) is 45.7. The first-order valence-corrected chi connectivity index (χ1v) is 28.2. The van der Waals surface area contributed by atoms with Gasteiger partial charge in [-0.15, -0.1) is 0 Å². The maximum atomic E-state index is 10.1. The lowest BCUT2D eigenvalue weighted by atomic mass is 9.67. The van der Waals surface area contributed by atoms with Gasteiger partial charge < -0.3 is 18.6 Å². The van der Waals surface area contributed by atoms with E-state index in [2.05, 4.69) is 192 Å². The van der Waals surface area contributed by atoms with Crippen molar-refractivity contribution in [2.24, 2.45) is 0 Å². The highest BCUT2D eigenvalue weighted by atomic mass is 16.4. The summed E-state index contributed by atoms with van der Waals surface area (Å²) in [5.41, 5.74) is 18.6. The summed E-state index contributed by atoms with van der Waals surface area (Å²) in [4.78, 5) is 15.7. The number of rotatable bonds is 12. The molecule has 0 saturated heterocycles. The first kappa shape index (κ1) is 50.1. The van der Waals surface area contributed by atoms with Gasteiger partial charge >= 0.3 is 0 Å². The summed E-state index contributed by atoms with van der Waals surface area (Å²) < 4.78 is 15.1. The third-order valence-electron chi connectivity index (χ3n) is 16.2. The van der Waals surface area contributed by atoms with Crippen LogP contribution in [0.25, 0.3) is 78.5 Å². The molecule has 14 aromatic rings. The highest BCUT2D eigenvalue weighted by Gasteiger charge is 2.51. The maximum absolute atomic E-state index is 10.1. The van der Waals surface area contributed by atoms with Gasteiger partial charge in [-0.2, -0.15) is 10.5 Å². The average molecular weight is 1090 g/mol. The largest absolute Gasteiger partial charge is 0.435 e. The molecule has 0 saturated carbocycles. The molecule has 0 spiro atoms. The smallest absolute Gasteiger partial charge is 0.227 e. The Hall–Kier alpha value is -11.8. The molecular weight excluding hydrogens is 1040 g/mol. The molecule has 2 aromatic heterocycles. The third kappa shape index (κ3) is 8.52. The van der Waals surface area contributed by atoms with E-state index in [1.165, 1.54) is 0 Å². The van der Waals surface area contributed by atoms with Crippen molar-refractivity contribution < 1.29 is 8.83 Å². The zero-order chi connectivity index (χ0) is 56.8. The lowest BCUT2D eigenvalue weighted by Crippen LogP contribution is -2.29. The monoisotopic (exact) mass is 1090 g/mol. The van der Waals surface area contributed by atoms with Crippen LogP contribution in [0.3, 0.4) is 0 Å². The van der Waals surface area contributed by atoms with E-state index in [4.69, 9.17) is 18.8 Å². The second kappa shape index (κ2) is 20.9. The standard InChI is InChI=1S/C77H48N6O2/c78-49-51-37-41-63(42-38-51)82(61-33-15-5-16-34-61)67-47-65-69(73-71(67)80-75(84-73)57-27-19-25-55(45-57)53-21-7-1-8-22-53)70-66(77(65,59-29-11-3-12-30-59)60-31-13-4-14-32-60)48-68(83(62-35-17-6-18-36-62)64-43-39-52(50-79)40-44-64)72-74(70)85-76(81-72)58-28-20-26-56(46-58)54-23-9-2-10-24-54/h1-48H. The zero-order valence-corrected chi connectivity index (χ0v) is 45.7. The number of anilines is 6. The molecule has 8 heteroatoms. The Morgan fingerprint density at radius 3 is 1.00 bits per heavy atom. The van der Waals surface area contributed by atoms with Gasteiger partial charge in [0.15, 0.2) is 11.2 Å². The Morgan fingerprint density at radius 2 is 0.635 bits per heavy atom. The van der Waals surface area contributed by atoms with Crippen LogP contribution in [-0.2, 0) is 5.41 Å². The fourth-order valence-corrected chi connectivity index (χ4v) is 12.4. The fourth-order valence-electron chi connectivity index (χ4n) is 12.4. The van der Waals surface area contributed by atoms with Crippen LogP contribution in [0.1, 0.15) is 33.4 Å². The van der Waals surface area contributed by atoms with Gasteiger partial charge in [0, 0.05) is 45.0 Å². The van der Waals surface area contributed by atoms with E-state index in [0.717, 1.165) is 101 Å². The minimum Gasteiger partial charge on any atom is -0.435 e. The summed E-state index contributed by atoms with van der Waals surface area (Å²) in [5.74, 6) is 0.877. The van der Waals surface area contributed by atoms with Crippen LogP contribution in [0.2, 0.25) is 0 Å². The van der Waals surface area contributed by atoms with Gasteiger partial charge in [0.05, 0.1) is 40.1 Å². The van der Waals surface area contributed by atoms with Crippen molar-refractivity contribution in [2.45, 2.75) is 5.41 Å². The quantitative estimate of drug-likeness (QED) is 0.119. The molecule has 0 aliphatic heterocycles. The molecule has 0 atom stereocenters. The van der Waals surface area contributed by atoms with Gasteiger partial charge in [-0.05, 0) is 154 Å². The number of nitrogens with zero attached hydrogens (tertiary/aromatic N) is 6. The van der Waals surface area contributed by atoms with Crippen LogP contribution in [0.5, 0.6) is 0 Å². The minimum absolute atomic E-state index is 0.439. The van der Waals surface area contributed by atoms with Crippen molar-refractivity contribution in [2.75, 3.05) is 9.80 Å². The second-order valence-corrected chi connectivity index (χ2v) is 21.1. The van der Waals surface area contributed by atoms with Gasteiger partial charge in [-0.1, -0.05) is 182 Å². The van der Waals surface area contributed by atoms with E-state index in [1.54, 1.807) is 0 Å². The van der Waals surface area contributed by atoms with Crippen molar-refractivity contribution >= 4 is 56.3 Å². The Morgan fingerprint density at radius 1 is 0.318 bits per heavy atom. The number of para-hydroxylation sites is 2. The normalized spacial score (nSPS) is 12.1. The molecule has 85 heavy (non-hydrogen) atoms. The van der Waals surface area contributed by atoms with Crippen molar-refractivity contribution in [3.63, 3.8) is 0 Å². The van der Waals surface area contributed by atoms with Crippen molar-refractivity contribution in [1.82, 2.24) is 9.97 Å². The van der Waals surface area contributed by atoms with E-state index in [0.29, 0.717) is 45.1 Å². The molecule has 0 unspecified atom stereocenters. The van der Waals surface area contributed by atoms with Gasteiger partial charge in [-0.3, -0.25) is 0 Å². The third-order valence-corrected chi connectivity index (χ3v) is 16.2. The summed E-state index contributed by atoms with van der Waals surface area (Å²) in [7, 11) is 0. The Labute approximate surface area is 491 Å². The van der Waals surface area contributed by atoms with Crippen LogP contribution in [0.4, 0.5) is 34.1 Å². The highest BCUT2D eigenvalue weighted by Crippen LogP contribution is 2.63. The lowest BCUT2D eigenvalue weighted by molar-refractivity contribution is 0.616. The Bertz CT molecular complexity index is 4570. The first-order chi connectivity index (χ1) is 42.0. The second-order valence-electron chi connectivity index (χ2n) is 21.1. The molecule has 0 bridgehead atoms. The number of benzene rings is 12. The molecule has 0 fully saturated rings. The molecule has 2 heterocycles. The predicted molar refractivity (Wildman–Crippen MR) is 339 cm³/mol. The number of fused-ring (bicyclic) bond motifs is 7. The van der Waals surface area contributed by atoms with Gasteiger partial charge in [0.25, 0.3) is 0 Å². The van der Waals surface area contributed by atoms with Gasteiger partial charge in [0.2, 0.25) is 11.8 Å². The average Bonchev–Trinajstić information content (AvgIpc) is 1.68. The van der Waals surface area contributed by atoms with E-state index in [1.807, 2.05) is 121 Å². The summed E-state index contributed by atoms with van der Waals surface area (Å²) in [6.45, 7) is 0. The summed E-state index contributed by atoms with van der Waals surface area (Å²) in [6, 6.07) is 104. The first-order valence-electron chi connectivity index (χ1n) is 28.2. The lowest BCUT2D eigenvalue weighted by Gasteiger charge is -2.35. The number of nitriles is 2. The van der Waals surface area contributed by atoms with Crippen LogP contribution in [0.15, 0.2) is 300 Å². The van der Waals surface area contributed by atoms with Crippen LogP contribution < -0.4 is 9.80 Å².